The Morgan fingerprint density at radius 1 is 1.25 bits per heavy atom. The van der Waals surface area contributed by atoms with Crippen molar-refractivity contribution in [3.05, 3.63) is 41.5 Å². The summed E-state index contributed by atoms with van der Waals surface area (Å²) in [7, 11) is 1.42. The van der Waals surface area contributed by atoms with E-state index in [2.05, 4.69) is 33.8 Å². The molecule has 0 spiro atoms. The minimum absolute atomic E-state index is 0.167. The lowest BCUT2D eigenvalue weighted by molar-refractivity contribution is -0.140. The summed E-state index contributed by atoms with van der Waals surface area (Å²) in [6.45, 7) is 2.13. The summed E-state index contributed by atoms with van der Waals surface area (Å²) in [4.78, 5) is 22.4. The zero-order chi connectivity index (χ0) is 16.9. The molecular weight excluding hydrogens is 340 g/mol. The van der Waals surface area contributed by atoms with E-state index >= 15 is 0 Å². The molecule has 0 fully saturated rings. The molecule has 0 unspecified atom stereocenters. The lowest BCUT2D eigenvalue weighted by Gasteiger charge is -2.06. The van der Waals surface area contributed by atoms with E-state index in [1.54, 1.807) is 29.4 Å². The average Bonchev–Trinajstić information content (AvgIpc) is 2.95. The highest BCUT2D eigenvalue weighted by Gasteiger charge is 2.16. The Labute approximate surface area is 149 Å². The van der Waals surface area contributed by atoms with E-state index < -0.39 is 0 Å². The second kappa shape index (κ2) is 7.77. The fraction of sp³-hybridized carbons (Fsp3) is 0.278. The van der Waals surface area contributed by atoms with Crippen LogP contribution in [0.25, 0.3) is 21.3 Å². The second-order valence-electron chi connectivity index (χ2n) is 5.29. The molecule has 0 aliphatic rings. The molecule has 0 radical (unpaired) electrons. The molecule has 0 amide bonds. The van der Waals surface area contributed by atoms with E-state index in [9.17, 15) is 4.79 Å². The first kappa shape index (κ1) is 16.9. The number of hydrogen-bond donors (Lipinski definition) is 0. The summed E-state index contributed by atoms with van der Waals surface area (Å²) in [5.74, 6) is 0.657. The topological polar surface area (TPSA) is 52.1 Å². The Hall–Kier alpha value is -1.92. The molecule has 2 aromatic heterocycles. The molecule has 1 aromatic carbocycles. The molecule has 0 saturated heterocycles. The molecule has 6 heteroatoms. The van der Waals surface area contributed by atoms with E-state index in [0.717, 1.165) is 27.4 Å². The van der Waals surface area contributed by atoms with Gasteiger partial charge in [0, 0.05) is 22.6 Å². The molecule has 0 aliphatic carbocycles. The maximum atomic E-state index is 11.2. The number of hydrogen-bond acceptors (Lipinski definition) is 6. The van der Waals surface area contributed by atoms with E-state index in [0.29, 0.717) is 6.42 Å². The highest BCUT2D eigenvalue weighted by Crippen LogP contribution is 2.41. The number of ether oxygens (including phenoxy) is 1. The standard InChI is InChI=1S/C18H18N2O2S2/c1-12-15(13-7-4-3-5-8-13)16-17(19-11-20-18(16)24-12)23-10-6-9-14(21)22-2/h3-5,7-8,11H,6,9-10H2,1-2H3. The van der Waals surface area contributed by atoms with Gasteiger partial charge in [-0.25, -0.2) is 9.97 Å². The van der Waals surface area contributed by atoms with Gasteiger partial charge in [0.05, 0.1) is 12.5 Å². The fourth-order valence-corrected chi connectivity index (χ4v) is 4.59. The molecule has 0 N–H and O–H groups in total. The number of carbonyl (C=O) groups excluding carboxylic acids is 1. The van der Waals surface area contributed by atoms with Crippen molar-refractivity contribution in [3.63, 3.8) is 0 Å². The summed E-state index contributed by atoms with van der Waals surface area (Å²) >= 11 is 3.37. The number of esters is 1. The Balaban J connectivity index is 1.90. The highest BCUT2D eigenvalue weighted by atomic mass is 32.2. The summed E-state index contributed by atoms with van der Waals surface area (Å²) in [5, 5.41) is 2.10. The van der Waals surface area contributed by atoms with Crippen LogP contribution >= 0.6 is 23.1 Å². The first-order chi connectivity index (χ1) is 11.7. The van der Waals surface area contributed by atoms with Gasteiger partial charge >= 0.3 is 5.97 Å². The first-order valence-electron chi connectivity index (χ1n) is 7.70. The number of thioether (sulfide) groups is 1. The van der Waals surface area contributed by atoms with Crippen LogP contribution in [0.2, 0.25) is 0 Å². The van der Waals surface area contributed by atoms with E-state index in [4.69, 9.17) is 0 Å². The van der Waals surface area contributed by atoms with Gasteiger partial charge in [-0.1, -0.05) is 30.3 Å². The number of aryl methyl sites for hydroxylation is 1. The van der Waals surface area contributed by atoms with Gasteiger partial charge in [0.2, 0.25) is 0 Å². The van der Waals surface area contributed by atoms with Crippen LogP contribution in [-0.4, -0.2) is 28.8 Å². The molecule has 0 atom stereocenters. The molecule has 3 aromatic rings. The first-order valence-corrected chi connectivity index (χ1v) is 9.50. The Bertz CT molecular complexity index is 847. The van der Waals surface area contributed by atoms with Crippen molar-refractivity contribution in [1.29, 1.82) is 0 Å². The molecule has 4 nitrogen and oxygen atoms in total. The quantitative estimate of drug-likeness (QED) is 0.276. The van der Waals surface area contributed by atoms with Crippen LogP contribution in [0, 0.1) is 6.92 Å². The third kappa shape index (κ3) is 3.60. The van der Waals surface area contributed by atoms with Crippen LogP contribution in [-0.2, 0) is 9.53 Å². The summed E-state index contributed by atoms with van der Waals surface area (Å²) < 4.78 is 4.68. The van der Waals surface area contributed by atoms with E-state index in [1.165, 1.54) is 23.1 Å². The zero-order valence-corrected chi connectivity index (χ0v) is 15.2. The summed E-state index contributed by atoms with van der Waals surface area (Å²) in [6.07, 6.45) is 2.83. The molecule has 124 valence electrons. The number of aromatic nitrogens is 2. The van der Waals surface area contributed by atoms with Crippen molar-refractivity contribution < 1.29 is 9.53 Å². The SMILES string of the molecule is COC(=O)CCCSc1ncnc2sc(C)c(-c3ccccc3)c12. The van der Waals surface area contributed by atoms with Crippen molar-refractivity contribution in [2.24, 2.45) is 0 Å². The monoisotopic (exact) mass is 358 g/mol. The molecule has 0 bridgehead atoms. The van der Waals surface area contributed by atoms with Crippen molar-refractivity contribution >= 4 is 39.3 Å². The van der Waals surface area contributed by atoms with Crippen molar-refractivity contribution in [2.45, 2.75) is 24.8 Å². The van der Waals surface area contributed by atoms with Gasteiger partial charge < -0.3 is 4.74 Å². The summed E-state index contributed by atoms with van der Waals surface area (Å²) in [5.41, 5.74) is 2.40. The van der Waals surface area contributed by atoms with Crippen LogP contribution in [0.5, 0.6) is 0 Å². The predicted octanol–water partition coefficient (Wildman–Crippen LogP) is 4.71. The van der Waals surface area contributed by atoms with Gasteiger partial charge in [-0.05, 0) is 18.9 Å². The number of carbonyl (C=O) groups is 1. The third-order valence-corrected chi connectivity index (χ3v) is 5.77. The molecule has 2 heterocycles. The number of thiophene rings is 1. The van der Waals surface area contributed by atoms with E-state index in [-0.39, 0.29) is 5.97 Å². The second-order valence-corrected chi connectivity index (χ2v) is 7.57. The van der Waals surface area contributed by atoms with Gasteiger partial charge in [-0.15, -0.1) is 23.1 Å². The number of fused-ring (bicyclic) bond motifs is 1. The van der Waals surface area contributed by atoms with Gasteiger partial charge in [0.1, 0.15) is 16.2 Å². The van der Waals surface area contributed by atoms with Crippen LogP contribution in [0.1, 0.15) is 17.7 Å². The van der Waals surface area contributed by atoms with Crippen molar-refractivity contribution in [1.82, 2.24) is 9.97 Å². The largest absolute Gasteiger partial charge is 0.469 e. The van der Waals surface area contributed by atoms with Crippen LogP contribution < -0.4 is 0 Å². The average molecular weight is 358 g/mol. The van der Waals surface area contributed by atoms with Gasteiger partial charge in [-0.2, -0.15) is 0 Å². The highest BCUT2D eigenvalue weighted by molar-refractivity contribution is 7.99. The van der Waals surface area contributed by atoms with Crippen molar-refractivity contribution in [2.75, 3.05) is 12.9 Å². The minimum Gasteiger partial charge on any atom is -0.469 e. The summed E-state index contributed by atoms with van der Waals surface area (Å²) in [6, 6.07) is 10.4. The van der Waals surface area contributed by atoms with E-state index in [1.807, 2.05) is 18.2 Å². The van der Waals surface area contributed by atoms with Crippen LogP contribution in [0.4, 0.5) is 0 Å². The number of benzene rings is 1. The maximum absolute atomic E-state index is 11.2. The Morgan fingerprint density at radius 3 is 2.79 bits per heavy atom. The maximum Gasteiger partial charge on any atom is 0.305 e. The molecule has 24 heavy (non-hydrogen) atoms. The van der Waals surface area contributed by atoms with Crippen LogP contribution in [0.15, 0.2) is 41.7 Å². The Kier molecular flexibility index (Phi) is 5.48. The molecule has 0 saturated carbocycles. The van der Waals surface area contributed by atoms with Gasteiger partial charge in [0.15, 0.2) is 0 Å². The number of methoxy groups -OCH3 is 1. The van der Waals surface area contributed by atoms with Gasteiger partial charge in [-0.3, -0.25) is 4.79 Å². The molecular formula is C18H18N2O2S2. The van der Waals surface area contributed by atoms with Crippen LogP contribution in [0.3, 0.4) is 0 Å². The van der Waals surface area contributed by atoms with Crippen molar-refractivity contribution in [3.8, 4) is 11.1 Å². The molecule has 0 aliphatic heterocycles. The fourth-order valence-electron chi connectivity index (χ4n) is 2.57. The van der Waals surface area contributed by atoms with Gasteiger partial charge in [0.25, 0.3) is 0 Å². The Morgan fingerprint density at radius 2 is 2.04 bits per heavy atom. The number of rotatable bonds is 6. The lowest BCUT2D eigenvalue weighted by Crippen LogP contribution is -2.00. The normalized spacial score (nSPS) is 10.9. The lowest BCUT2D eigenvalue weighted by atomic mass is 10.0. The predicted molar refractivity (Wildman–Crippen MR) is 99.6 cm³/mol. The minimum atomic E-state index is -0.167. The number of nitrogens with zero attached hydrogens (tertiary/aromatic N) is 2. The smallest absolute Gasteiger partial charge is 0.305 e. The third-order valence-electron chi connectivity index (χ3n) is 3.68. The zero-order valence-electron chi connectivity index (χ0n) is 13.6. The molecule has 3 rings (SSSR count).